The zero-order valence-corrected chi connectivity index (χ0v) is 36.6. The van der Waals surface area contributed by atoms with Gasteiger partial charge < -0.3 is 52.5 Å². The molecule has 0 bridgehead atoms. The van der Waals surface area contributed by atoms with Gasteiger partial charge in [0.1, 0.15) is 23.3 Å². The molecule has 7 rings (SSSR count). The number of aryl methyl sites for hydroxylation is 3. The molecule has 1 saturated carbocycles. The molecule has 2 aliphatic heterocycles. The highest BCUT2D eigenvalue weighted by molar-refractivity contribution is 5.96. The Morgan fingerprint density at radius 1 is 0.935 bits per heavy atom. The van der Waals surface area contributed by atoms with E-state index in [0.29, 0.717) is 48.7 Å². The molecular weight excluding hydrogens is 785 g/mol. The zero-order chi connectivity index (χ0) is 44.3. The summed E-state index contributed by atoms with van der Waals surface area (Å²) in [5.41, 5.74) is 26.5. The van der Waals surface area contributed by atoms with Crippen LogP contribution in [0.1, 0.15) is 89.7 Å². The molecule has 15 heteroatoms. The van der Waals surface area contributed by atoms with E-state index in [-0.39, 0.29) is 42.0 Å². The van der Waals surface area contributed by atoms with Crippen molar-refractivity contribution in [2.45, 2.75) is 78.4 Å². The Morgan fingerprint density at radius 2 is 1.68 bits per heavy atom. The number of hydrogen-bond donors (Lipinski definition) is 7. The fourth-order valence-electron chi connectivity index (χ4n) is 8.75. The Morgan fingerprint density at radius 3 is 2.39 bits per heavy atom. The van der Waals surface area contributed by atoms with Gasteiger partial charge in [-0.15, -0.1) is 0 Å². The van der Waals surface area contributed by atoms with Crippen molar-refractivity contribution in [2.24, 2.45) is 23.1 Å². The average Bonchev–Trinajstić information content (AvgIpc) is 3.63. The number of benzene rings is 2. The maximum Gasteiger partial charge on any atom is 0.254 e. The number of carbonyl (C=O) groups excluding carboxylic acids is 3. The molecule has 62 heavy (non-hydrogen) atoms. The minimum atomic E-state index is -0.251. The summed E-state index contributed by atoms with van der Waals surface area (Å²) in [6.45, 7) is 14.1. The van der Waals surface area contributed by atoms with Gasteiger partial charge in [-0.25, -0.2) is 4.98 Å². The molecule has 15 nitrogen and oxygen atoms in total. The summed E-state index contributed by atoms with van der Waals surface area (Å²) < 4.78 is 6.43. The number of aromatic amines is 1. The number of aromatic hydroxyl groups is 1. The summed E-state index contributed by atoms with van der Waals surface area (Å²) >= 11 is 0. The Hall–Kier alpha value is -6.06. The third kappa shape index (κ3) is 11.6. The molecule has 4 aromatic rings. The van der Waals surface area contributed by atoms with Crippen LogP contribution in [0.25, 0.3) is 16.7 Å². The highest BCUT2D eigenvalue weighted by Crippen LogP contribution is 2.33. The maximum atomic E-state index is 13.7. The number of nitrogens with one attached hydrogen (secondary N) is 3. The molecule has 0 radical (unpaired) electrons. The highest BCUT2D eigenvalue weighted by Gasteiger charge is 2.31. The fourth-order valence-corrected chi connectivity index (χ4v) is 8.75. The first-order valence-corrected chi connectivity index (χ1v) is 21.8. The molecule has 10 N–H and O–H groups in total. The smallest absolute Gasteiger partial charge is 0.254 e. The van der Waals surface area contributed by atoms with Crippen LogP contribution in [-0.2, 0) is 14.3 Å². The molecule has 3 amide bonds. The van der Waals surface area contributed by atoms with Crippen LogP contribution in [-0.4, -0.2) is 106 Å². The monoisotopic (exact) mass is 849 g/mol. The summed E-state index contributed by atoms with van der Waals surface area (Å²) in [6, 6.07) is 12.9. The van der Waals surface area contributed by atoms with Crippen molar-refractivity contribution in [3.05, 3.63) is 106 Å². The van der Waals surface area contributed by atoms with Gasteiger partial charge in [-0.1, -0.05) is 37.5 Å². The lowest BCUT2D eigenvalue weighted by atomic mass is 9.89. The number of phenolic OH excluding ortho intramolecular Hbond substituents is 1. The number of aromatic nitrogens is 2. The number of piperazine rings is 1. The van der Waals surface area contributed by atoms with Crippen LogP contribution in [0.3, 0.4) is 0 Å². The predicted molar refractivity (Wildman–Crippen MR) is 244 cm³/mol. The number of rotatable bonds is 12. The van der Waals surface area contributed by atoms with Crippen molar-refractivity contribution in [3.63, 3.8) is 0 Å². The number of morpholine rings is 1. The molecule has 3 aliphatic rings. The number of para-hydroxylation sites is 1. The first kappa shape index (κ1) is 45.5. The van der Waals surface area contributed by atoms with Crippen molar-refractivity contribution < 1.29 is 24.2 Å². The van der Waals surface area contributed by atoms with Gasteiger partial charge in [-0.05, 0) is 99.0 Å². The second-order valence-corrected chi connectivity index (χ2v) is 16.9. The molecule has 3 fully saturated rings. The molecule has 332 valence electrons. The van der Waals surface area contributed by atoms with Crippen LogP contribution in [0.2, 0.25) is 0 Å². The first-order chi connectivity index (χ1) is 29.8. The maximum absolute atomic E-state index is 13.7. The first-order valence-electron chi connectivity index (χ1n) is 21.8. The van der Waals surface area contributed by atoms with Crippen molar-refractivity contribution in [1.29, 1.82) is 0 Å². The van der Waals surface area contributed by atoms with Gasteiger partial charge in [0.2, 0.25) is 12.3 Å². The summed E-state index contributed by atoms with van der Waals surface area (Å²) in [5.74, 6) is 1.01. The topological polar surface area (TPSA) is 221 Å². The number of allylic oxidation sites excluding steroid dienone is 1. The molecular formula is C47H64N10O5. The molecule has 2 atom stereocenters. The van der Waals surface area contributed by atoms with Crippen molar-refractivity contribution >= 4 is 40.6 Å². The van der Waals surface area contributed by atoms with Gasteiger partial charge in [0.15, 0.2) is 0 Å². The van der Waals surface area contributed by atoms with E-state index in [2.05, 4.69) is 36.5 Å². The van der Waals surface area contributed by atoms with E-state index in [1.54, 1.807) is 30.5 Å². The number of amides is 3. The number of pyridine rings is 1. The van der Waals surface area contributed by atoms with Gasteiger partial charge in [-0.2, -0.15) is 0 Å². The Bertz CT molecular complexity index is 2250. The van der Waals surface area contributed by atoms with Crippen LogP contribution < -0.4 is 27.8 Å². The van der Waals surface area contributed by atoms with Gasteiger partial charge in [-0.3, -0.25) is 19.3 Å². The Balaban J connectivity index is 0.000000297. The van der Waals surface area contributed by atoms with Crippen LogP contribution in [0.15, 0.2) is 72.5 Å². The van der Waals surface area contributed by atoms with E-state index in [0.717, 1.165) is 70.9 Å². The van der Waals surface area contributed by atoms with Crippen LogP contribution in [0.4, 0.5) is 5.69 Å². The predicted octanol–water partition coefficient (Wildman–Crippen LogP) is 5.14. The van der Waals surface area contributed by atoms with E-state index < -0.39 is 0 Å². The normalized spacial score (nSPS) is 18.7. The number of nitrogens with two attached hydrogens (primary N) is 3. The van der Waals surface area contributed by atoms with Gasteiger partial charge in [0.05, 0.1) is 23.7 Å². The number of fused-ring (bicyclic) bond motifs is 1. The number of H-pyrrole nitrogens is 1. The second kappa shape index (κ2) is 21.1. The number of hydrogen-bond acceptors (Lipinski definition) is 11. The largest absolute Gasteiger partial charge is 0.507 e. The number of ether oxygens (including phenoxy) is 1. The van der Waals surface area contributed by atoms with Crippen LogP contribution in [0.5, 0.6) is 5.75 Å². The van der Waals surface area contributed by atoms with Crippen LogP contribution in [0, 0.1) is 26.7 Å². The Kier molecular flexibility index (Phi) is 15.5. The van der Waals surface area contributed by atoms with E-state index >= 15 is 0 Å². The third-order valence-electron chi connectivity index (χ3n) is 12.1. The van der Waals surface area contributed by atoms with E-state index in [9.17, 15) is 19.5 Å². The lowest BCUT2D eigenvalue weighted by molar-refractivity contribution is -0.116. The van der Waals surface area contributed by atoms with Crippen molar-refractivity contribution in [1.82, 2.24) is 30.0 Å². The number of phenols is 1. The third-order valence-corrected chi connectivity index (χ3v) is 12.1. The summed E-state index contributed by atoms with van der Waals surface area (Å²) in [6.07, 6.45) is 12.5. The lowest BCUT2D eigenvalue weighted by Crippen LogP contribution is -2.50. The SMILES string of the molecule is Cc1c[nH]c2ncc(NC(=O)CCNC=O)cc12.Cc1cc(C2CN(C(/C=C(\N)c3ccccc3O)=C(N)N)CC(C)O2)c(C)cc1C(=O)N1CCN(CC2CCCCC2)CC1. The number of anilines is 1. The molecule has 2 unspecified atom stereocenters. The van der Waals surface area contributed by atoms with E-state index in [4.69, 9.17) is 21.9 Å². The van der Waals surface area contributed by atoms with Crippen LogP contribution >= 0.6 is 0 Å². The molecule has 2 saturated heterocycles. The molecule has 4 heterocycles. The average molecular weight is 849 g/mol. The van der Waals surface area contributed by atoms with Crippen molar-refractivity contribution in [2.75, 3.05) is 57.7 Å². The number of carbonyl (C=O) groups is 3. The van der Waals surface area contributed by atoms with Crippen molar-refractivity contribution in [3.8, 4) is 5.75 Å². The summed E-state index contributed by atoms with van der Waals surface area (Å²) in [7, 11) is 0. The van der Waals surface area contributed by atoms with E-state index in [1.165, 1.54) is 38.6 Å². The summed E-state index contributed by atoms with van der Waals surface area (Å²) in [5, 5.41) is 16.4. The minimum absolute atomic E-state index is 0.0893. The standard InChI is InChI=1S/C35H50N6O3.C12H14N4O2/c1-23-18-29(35(43)40-15-13-39(14-16-40)21-26-9-5-4-6-10-26)24(2)17-28(23)33-22-41(20-25(3)44-33)31(34(37)38)19-30(36)27-11-7-8-12-32(27)42;1-8-5-14-12-10(8)4-9(6-15-12)16-11(18)2-3-13-7-17/h7-8,11-12,17-19,25-26,33,42H,4-6,9-10,13-16,20-22,36-38H2,1-3H3;4-7H,2-3H2,1H3,(H,13,17)(H,14,15)(H,16,18)/b30-19-;. The molecule has 2 aromatic carbocycles. The minimum Gasteiger partial charge on any atom is -0.507 e. The lowest BCUT2D eigenvalue weighted by Gasteiger charge is -2.40. The van der Waals surface area contributed by atoms with Gasteiger partial charge in [0, 0.05) is 87.2 Å². The molecule has 1 aliphatic carbocycles. The number of nitrogens with zero attached hydrogens (tertiary/aromatic N) is 4. The zero-order valence-electron chi connectivity index (χ0n) is 36.6. The molecule has 2 aromatic heterocycles. The van der Waals surface area contributed by atoms with Gasteiger partial charge >= 0.3 is 0 Å². The summed E-state index contributed by atoms with van der Waals surface area (Å²) in [4.78, 5) is 49.2. The quantitative estimate of drug-likeness (QED) is 0.0562. The Labute approximate surface area is 364 Å². The second-order valence-electron chi connectivity index (χ2n) is 16.9. The fraction of sp³-hybridized carbons (Fsp3) is 0.447. The van der Waals surface area contributed by atoms with Gasteiger partial charge in [0.25, 0.3) is 5.91 Å². The van der Waals surface area contributed by atoms with E-state index in [1.807, 2.05) is 57.0 Å². The highest BCUT2D eigenvalue weighted by atomic mass is 16.5. The molecule has 0 spiro atoms.